The van der Waals surface area contributed by atoms with Crippen molar-refractivity contribution in [2.75, 3.05) is 18.0 Å². The number of pyridine rings is 1. The highest BCUT2D eigenvalue weighted by Crippen LogP contribution is 2.47. The summed E-state index contributed by atoms with van der Waals surface area (Å²) in [5.74, 6) is 1.67. The third-order valence-electron chi connectivity index (χ3n) is 5.37. The molecule has 2 atom stereocenters. The number of fused-ring (bicyclic) bond motifs is 2. The molecule has 2 unspecified atom stereocenters. The van der Waals surface area contributed by atoms with E-state index in [4.69, 9.17) is 17.3 Å². The Bertz CT molecular complexity index is 935. The maximum absolute atomic E-state index is 12.2. The van der Waals surface area contributed by atoms with E-state index in [-0.39, 0.29) is 12.1 Å². The summed E-state index contributed by atoms with van der Waals surface area (Å²) in [4.78, 5) is 33.2. The van der Waals surface area contributed by atoms with E-state index in [1.807, 2.05) is 0 Å². The molecule has 0 aromatic carbocycles. The fourth-order valence-corrected chi connectivity index (χ4v) is 4.20. The third-order valence-corrected chi connectivity index (χ3v) is 5.72. The van der Waals surface area contributed by atoms with Gasteiger partial charge in [-0.2, -0.15) is 0 Å². The third kappa shape index (κ3) is 1.83. The summed E-state index contributed by atoms with van der Waals surface area (Å²) in [6.45, 7) is 1.67. The lowest BCUT2D eigenvalue weighted by Crippen LogP contribution is -2.32. The predicted molar refractivity (Wildman–Crippen MR) is 87.1 cm³/mol. The van der Waals surface area contributed by atoms with Crippen LogP contribution in [0.15, 0.2) is 15.8 Å². The average molecular weight is 334 g/mol. The summed E-state index contributed by atoms with van der Waals surface area (Å²) >= 11 is 6.59. The van der Waals surface area contributed by atoms with E-state index in [0.29, 0.717) is 33.6 Å². The number of rotatable bonds is 2. The van der Waals surface area contributed by atoms with Gasteiger partial charge in [0, 0.05) is 31.4 Å². The fourth-order valence-electron chi connectivity index (χ4n) is 3.84. The van der Waals surface area contributed by atoms with E-state index >= 15 is 0 Å². The second kappa shape index (κ2) is 4.36. The van der Waals surface area contributed by atoms with Crippen LogP contribution < -0.4 is 21.9 Å². The number of piperidine rings is 1. The van der Waals surface area contributed by atoms with Gasteiger partial charge in [-0.05, 0) is 24.7 Å². The Morgan fingerprint density at radius 1 is 1.26 bits per heavy atom. The van der Waals surface area contributed by atoms with Crippen molar-refractivity contribution in [2.24, 2.45) is 17.6 Å². The van der Waals surface area contributed by atoms with Crippen LogP contribution in [0, 0.1) is 11.8 Å². The van der Waals surface area contributed by atoms with Crippen molar-refractivity contribution >= 4 is 28.3 Å². The van der Waals surface area contributed by atoms with Crippen molar-refractivity contribution in [3.63, 3.8) is 0 Å². The minimum Gasteiger partial charge on any atom is -0.355 e. The molecule has 3 aliphatic rings. The van der Waals surface area contributed by atoms with Gasteiger partial charge in [-0.15, -0.1) is 0 Å². The molecule has 8 heteroatoms. The number of aromatic amines is 1. The summed E-state index contributed by atoms with van der Waals surface area (Å²) in [7, 11) is 0. The van der Waals surface area contributed by atoms with Crippen LogP contribution in [-0.2, 0) is 0 Å². The molecule has 3 heterocycles. The lowest BCUT2D eigenvalue weighted by molar-refractivity contribution is 0.705. The molecule has 2 aromatic rings. The van der Waals surface area contributed by atoms with Crippen LogP contribution in [0.4, 0.5) is 5.82 Å². The van der Waals surface area contributed by atoms with Gasteiger partial charge in [-0.1, -0.05) is 11.6 Å². The molecule has 7 nitrogen and oxygen atoms in total. The van der Waals surface area contributed by atoms with E-state index in [2.05, 4.69) is 14.9 Å². The zero-order valence-electron chi connectivity index (χ0n) is 12.3. The lowest BCUT2D eigenvalue weighted by Gasteiger charge is -2.22. The van der Waals surface area contributed by atoms with Crippen molar-refractivity contribution in [1.82, 2.24) is 14.5 Å². The van der Waals surface area contributed by atoms with Crippen LogP contribution in [0.5, 0.6) is 0 Å². The van der Waals surface area contributed by atoms with Crippen molar-refractivity contribution in [3.05, 3.63) is 32.1 Å². The molecule has 2 aromatic heterocycles. The summed E-state index contributed by atoms with van der Waals surface area (Å²) in [6, 6.07) is 0.410. The van der Waals surface area contributed by atoms with Gasteiger partial charge in [-0.25, -0.2) is 9.78 Å². The SMILES string of the molecule is NC1C2CN(c3ncc4c(=O)[nH]c(=O)n(C5CC5)c4c3Cl)CC12. The molecule has 5 rings (SSSR count). The molecule has 0 radical (unpaired) electrons. The first-order valence-corrected chi connectivity index (χ1v) is 8.27. The second-order valence-corrected chi connectivity index (χ2v) is 7.21. The average Bonchev–Trinajstić information content (AvgIpc) is 3.39. The number of halogens is 1. The minimum atomic E-state index is -0.436. The first-order valence-electron chi connectivity index (χ1n) is 7.90. The maximum atomic E-state index is 12.2. The van der Waals surface area contributed by atoms with E-state index in [1.165, 1.54) is 6.20 Å². The van der Waals surface area contributed by atoms with Gasteiger partial charge in [0.05, 0.1) is 10.9 Å². The normalized spacial score (nSPS) is 29.1. The number of hydrogen-bond acceptors (Lipinski definition) is 5. The Labute approximate surface area is 136 Å². The molecule has 23 heavy (non-hydrogen) atoms. The summed E-state index contributed by atoms with van der Waals surface area (Å²) in [5, 5.41) is 0.763. The number of nitrogens with zero attached hydrogens (tertiary/aromatic N) is 3. The quantitative estimate of drug-likeness (QED) is 0.832. The minimum absolute atomic E-state index is 0.120. The van der Waals surface area contributed by atoms with Crippen molar-refractivity contribution in [1.29, 1.82) is 0 Å². The van der Waals surface area contributed by atoms with Gasteiger partial charge in [0.15, 0.2) is 0 Å². The number of nitrogens with two attached hydrogens (primary N) is 1. The molecule has 0 bridgehead atoms. The molecular formula is C15H16ClN5O2. The maximum Gasteiger partial charge on any atom is 0.329 e. The molecule has 3 fully saturated rings. The molecule has 0 spiro atoms. The van der Waals surface area contributed by atoms with Gasteiger partial charge < -0.3 is 10.6 Å². The summed E-state index contributed by atoms with van der Waals surface area (Å²) < 4.78 is 1.62. The Hall–Kier alpha value is -1.86. The predicted octanol–water partition coefficient (Wildman–Crippen LogP) is 0.466. The van der Waals surface area contributed by atoms with Crippen LogP contribution in [0.3, 0.4) is 0 Å². The number of aromatic nitrogens is 3. The molecule has 1 saturated heterocycles. The van der Waals surface area contributed by atoms with E-state index in [1.54, 1.807) is 4.57 Å². The second-order valence-electron chi connectivity index (χ2n) is 6.83. The standard InChI is InChI=1S/C15H16ClN5O2/c16-10-12-7(14(22)19-15(23)21(12)6-1-2-6)3-18-13(10)20-4-8-9(5-20)11(8)17/h3,6,8-9,11H,1-2,4-5,17H2,(H,19,22,23). The zero-order chi connectivity index (χ0) is 15.9. The molecule has 3 N–H and O–H groups in total. The number of anilines is 1. The van der Waals surface area contributed by atoms with Crippen LogP contribution in [-0.4, -0.2) is 33.7 Å². The topological polar surface area (TPSA) is 97.0 Å². The van der Waals surface area contributed by atoms with Gasteiger partial charge in [0.2, 0.25) is 0 Å². The highest BCUT2D eigenvalue weighted by atomic mass is 35.5. The van der Waals surface area contributed by atoms with Gasteiger partial charge in [0.25, 0.3) is 5.56 Å². The monoisotopic (exact) mass is 333 g/mol. The largest absolute Gasteiger partial charge is 0.355 e. The first kappa shape index (κ1) is 13.6. The number of nitrogens with one attached hydrogen (secondary N) is 1. The van der Waals surface area contributed by atoms with Crippen LogP contribution in [0.1, 0.15) is 18.9 Å². The smallest absolute Gasteiger partial charge is 0.329 e. The van der Waals surface area contributed by atoms with Crippen molar-refractivity contribution in [3.8, 4) is 0 Å². The van der Waals surface area contributed by atoms with Gasteiger partial charge in [0.1, 0.15) is 10.8 Å². The molecular weight excluding hydrogens is 318 g/mol. The van der Waals surface area contributed by atoms with Gasteiger partial charge in [-0.3, -0.25) is 14.3 Å². The Morgan fingerprint density at radius 2 is 1.96 bits per heavy atom. The molecule has 120 valence electrons. The number of H-pyrrole nitrogens is 1. The molecule has 2 aliphatic carbocycles. The van der Waals surface area contributed by atoms with E-state index in [0.717, 1.165) is 25.9 Å². The van der Waals surface area contributed by atoms with E-state index in [9.17, 15) is 9.59 Å². The highest BCUT2D eigenvalue weighted by molar-refractivity contribution is 6.37. The summed E-state index contributed by atoms with van der Waals surface area (Å²) in [6.07, 6.45) is 3.38. The van der Waals surface area contributed by atoms with Crippen LogP contribution in [0.25, 0.3) is 10.9 Å². The Morgan fingerprint density at radius 3 is 2.61 bits per heavy atom. The Balaban J connectivity index is 1.71. The lowest BCUT2D eigenvalue weighted by atomic mass is 10.2. The Kier molecular flexibility index (Phi) is 2.57. The summed E-state index contributed by atoms with van der Waals surface area (Å²) in [5.41, 5.74) is 5.66. The molecule has 1 aliphatic heterocycles. The van der Waals surface area contributed by atoms with Crippen LogP contribution >= 0.6 is 11.6 Å². The van der Waals surface area contributed by atoms with Crippen LogP contribution in [0.2, 0.25) is 5.02 Å². The number of hydrogen-bond donors (Lipinski definition) is 2. The molecule has 2 saturated carbocycles. The van der Waals surface area contributed by atoms with Crippen molar-refractivity contribution in [2.45, 2.75) is 24.9 Å². The fraction of sp³-hybridized carbons (Fsp3) is 0.533. The first-order chi connectivity index (χ1) is 11.1. The zero-order valence-corrected chi connectivity index (χ0v) is 13.1. The molecule has 0 amide bonds. The van der Waals surface area contributed by atoms with Gasteiger partial charge >= 0.3 is 5.69 Å². The van der Waals surface area contributed by atoms with Crippen molar-refractivity contribution < 1.29 is 0 Å². The highest BCUT2D eigenvalue weighted by Gasteiger charge is 2.54. The van der Waals surface area contributed by atoms with E-state index < -0.39 is 11.2 Å².